The van der Waals surface area contributed by atoms with Crippen LogP contribution in [0.5, 0.6) is 0 Å². The van der Waals surface area contributed by atoms with E-state index in [-0.39, 0.29) is 23.4 Å². The number of aromatic nitrogens is 2. The Balaban J connectivity index is 1.84. The van der Waals surface area contributed by atoms with E-state index in [0.29, 0.717) is 25.2 Å². The summed E-state index contributed by atoms with van der Waals surface area (Å²) in [5, 5.41) is 0. The summed E-state index contributed by atoms with van der Waals surface area (Å²) in [7, 11) is 1.91. The Labute approximate surface area is 147 Å². The highest BCUT2D eigenvalue weighted by molar-refractivity contribution is 5.98. The molecule has 1 fully saturated rings. The SMILES string of the molecule is CC(C(N)=O)N1CCN(C(=O)c2ccc3ncn(C)c3c2)C(C)(C)C1. The molecule has 25 heavy (non-hydrogen) atoms. The van der Waals surface area contributed by atoms with Crippen LogP contribution in [0, 0.1) is 0 Å². The predicted molar refractivity (Wildman–Crippen MR) is 96.1 cm³/mol. The zero-order valence-electron chi connectivity index (χ0n) is 15.2. The van der Waals surface area contributed by atoms with Gasteiger partial charge in [0.25, 0.3) is 5.91 Å². The van der Waals surface area contributed by atoms with E-state index in [1.54, 1.807) is 6.33 Å². The summed E-state index contributed by atoms with van der Waals surface area (Å²) >= 11 is 0. The van der Waals surface area contributed by atoms with Gasteiger partial charge in [0.05, 0.1) is 28.9 Å². The minimum atomic E-state index is -0.388. The third kappa shape index (κ3) is 3.11. The number of hydrogen-bond acceptors (Lipinski definition) is 4. The van der Waals surface area contributed by atoms with E-state index in [4.69, 9.17) is 5.73 Å². The smallest absolute Gasteiger partial charge is 0.254 e. The van der Waals surface area contributed by atoms with Gasteiger partial charge in [0, 0.05) is 32.2 Å². The Hall–Kier alpha value is -2.41. The maximum absolute atomic E-state index is 13.1. The molecule has 1 aromatic heterocycles. The minimum Gasteiger partial charge on any atom is -0.368 e. The van der Waals surface area contributed by atoms with Gasteiger partial charge in [-0.25, -0.2) is 4.98 Å². The number of carbonyl (C=O) groups excluding carboxylic acids is 2. The lowest BCUT2D eigenvalue weighted by Gasteiger charge is -2.48. The van der Waals surface area contributed by atoms with E-state index < -0.39 is 0 Å². The van der Waals surface area contributed by atoms with Crippen molar-refractivity contribution in [3.05, 3.63) is 30.1 Å². The number of imidazole rings is 1. The van der Waals surface area contributed by atoms with Crippen molar-refractivity contribution in [2.24, 2.45) is 12.8 Å². The Morgan fingerprint density at radius 2 is 2.00 bits per heavy atom. The Morgan fingerprint density at radius 3 is 2.64 bits per heavy atom. The lowest BCUT2D eigenvalue weighted by atomic mass is 9.96. The molecule has 134 valence electrons. The van der Waals surface area contributed by atoms with Crippen LogP contribution in [0.15, 0.2) is 24.5 Å². The normalized spacial score (nSPS) is 19.1. The van der Waals surface area contributed by atoms with E-state index in [9.17, 15) is 9.59 Å². The van der Waals surface area contributed by atoms with Crippen LogP contribution in [0.25, 0.3) is 11.0 Å². The van der Waals surface area contributed by atoms with Gasteiger partial charge in [0.2, 0.25) is 5.91 Å². The van der Waals surface area contributed by atoms with E-state index in [1.807, 2.05) is 60.4 Å². The number of nitrogens with zero attached hydrogens (tertiary/aromatic N) is 4. The minimum absolute atomic E-state index is 0.000483. The molecule has 2 aromatic rings. The quantitative estimate of drug-likeness (QED) is 0.900. The van der Waals surface area contributed by atoms with Gasteiger partial charge in [0.1, 0.15) is 0 Å². The van der Waals surface area contributed by atoms with Crippen LogP contribution in [0.2, 0.25) is 0 Å². The van der Waals surface area contributed by atoms with Crippen molar-refractivity contribution < 1.29 is 9.59 Å². The van der Waals surface area contributed by atoms with Gasteiger partial charge in [-0.2, -0.15) is 0 Å². The van der Waals surface area contributed by atoms with Crippen LogP contribution in [0.1, 0.15) is 31.1 Å². The van der Waals surface area contributed by atoms with Gasteiger partial charge in [-0.15, -0.1) is 0 Å². The molecule has 1 atom stereocenters. The van der Waals surface area contributed by atoms with Gasteiger partial charge in [-0.3, -0.25) is 14.5 Å². The van der Waals surface area contributed by atoms with Crippen molar-refractivity contribution in [2.45, 2.75) is 32.4 Å². The van der Waals surface area contributed by atoms with Crippen LogP contribution < -0.4 is 5.73 Å². The second kappa shape index (κ2) is 6.15. The Bertz CT molecular complexity index is 826. The third-order valence-corrected chi connectivity index (χ3v) is 5.11. The van der Waals surface area contributed by atoms with Crippen LogP contribution in [-0.4, -0.2) is 62.4 Å². The summed E-state index contributed by atoms with van der Waals surface area (Å²) in [6, 6.07) is 5.26. The third-order valence-electron chi connectivity index (χ3n) is 5.11. The monoisotopic (exact) mass is 343 g/mol. The molecule has 2 N–H and O–H groups in total. The van der Waals surface area contributed by atoms with E-state index in [1.165, 1.54) is 0 Å². The van der Waals surface area contributed by atoms with Crippen molar-refractivity contribution in [3.8, 4) is 0 Å². The fraction of sp³-hybridized carbons (Fsp3) is 0.500. The van der Waals surface area contributed by atoms with Gasteiger partial charge in [0.15, 0.2) is 0 Å². The van der Waals surface area contributed by atoms with Gasteiger partial charge in [-0.1, -0.05) is 0 Å². The standard InChI is InChI=1S/C18H25N5O2/c1-12(16(19)24)22-7-8-23(18(2,3)10-22)17(25)13-5-6-14-15(9-13)21(4)11-20-14/h5-6,9,11-12H,7-8,10H2,1-4H3,(H2,19,24). The van der Waals surface area contributed by atoms with Gasteiger partial charge in [-0.05, 0) is 39.0 Å². The van der Waals surface area contributed by atoms with Crippen molar-refractivity contribution >= 4 is 22.8 Å². The van der Waals surface area contributed by atoms with Crippen molar-refractivity contribution in [1.29, 1.82) is 0 Å². The number of aryl methyl sites for hydroxylation is 1. The summed E-state index contributed by atoms with van der Waals surface area (Å²) in [5.74, 6) is -0.336. The molecule has 1 aliphatic heterocycles. The highest BCUT2D eigenvalue weighted by Crippen LogP contribution is 2.25. The number of hydrogen-bond donors (Lipinski definition) is 1. The first-order valence-corrected chi connectivity index (χ1v) is 8.47. The zero-order chi connectivity index (χ0) is 18.4. The topological polar surface area (TPSA) is 84.5 Å². The van der Waals surface area contributed by atoms with Crippen LogP contribution in [-0.2, 0) is 11.8 Å². The molecule has 0 radical (unpaired) electrons. The number of primary amides is 1. The molecule has 0 saturated carbocycles. The zero-order valence-corrected chi connectivity index (χ0v) is 15.2. The molecule has 3 rings (SSSR count). The molecule has 0 aliphatic carbocycles. The number of nitrogens with two attached hydrogens (primary N) is 1. The number of fused-ring (bicyclic) bond motifs is 1. The first-order valence-electron chi connectivity index (χ1n) is 8.47. The molecule has 1 saturated heterocycles. The Kier molecular flexibility index (Phi) is 4.28. The maximum Gasteiger partial charge on any atom is 0.254 e. The molecular formula is C18H25N5O2. The van der Waals surface area contributed by atoms with E-state index in [0.717, 1.165) is 11.0 Å². The summed E-state index contributed by atoms with van der Waals surface area (Å²) < 4.78 is 1.91. The molecule has 7 heteroatoms. The second-order valence-corrected chi connectivity index (χ2v) is 7.38. The predicted octanol–water partition coefficient (Wildman–Crippen LogP) is 0.984. The molecule has 1 aromatic carbocycles. The molecule has 1 aliphatic rings. The van der Waals surface area contributed by atoms with Crippen LogP contribution in [0.3, 0.4) is 0 Å². The molecule has 7 nitrogen and oxygen atoms in total. The lowest BCUT2D eigenvalue weighted by molar-refractivity contribution is -0.124. The van der Waals surface area contributed by atoms with Gasteiger partial charge < -0.3 is 15.2 Å². The number of rotatable bonds is 3. The number of carbonyl (C=O) groups is 2. The first-order chi connectivity index (χ1) is 11.7. The van der Waals surface area contributed by atoms with Crippen molar-refractivity contribution in [2.75, 3.05) is 19.6 Å². The molecule has 2 heterocycles. The van der Waals surface area contributed by atoms with Crippen LogP contribution >= 0.6 is 0 Å². The molecule has 1 unspecified atom stereocenters. The largest absolute Gasteiger partial charge is 0.368 e. The van der Waals surface area contributed by atoms with Crippen molar-refractivity contribution in [1.82, 2.24) is 19.4 Å². The average Bonchev–Trinajstić information content (AvgIpc) is 2.93. The fourth-order valence-corrected chi connectivity index (χ4v) is 3.49. The second-order valence-electron chi connectivity index (χ2n) is 7.38. The Morgan fingerprint density at radius 1 is 1.28 bits per heavy atom. The van der Waals surface area contributed by atoms with Gasteiger partial charge >= 0.3 is 0 Å². The fourth-order valence-electron chi connectivity index (χ4n) is 3.49. The molecular weight excluding hydrogens is 318 g/mol. The highest BCUT2D eigenvalue weighted by Gasteiger charge is 2.39. The number of amides is 2. The summed E-state index contributed by atoms with van der Waals surface area (Å²) in [6.45, 7) is 7.66. The van der Waals surface area contributed by atoms with Crippen molar-refractivity contribution in [3.63, 3.8) is 0 Å². The maximum atomic E-state index is 13.1. The average molecular weight is 343 g/mol. The summed E-state index contributed by atoms with van der Waals surface area (Å²) in [4.78, 5) is 32.8. The summed E-state index contributed by atoms with van der Waals surface area (Å²) in [5.41, 5.74) is 7.50. The number of benzene rings is 1. The highest BCUT2D eigenvalue weighted by atomic mass is 16.2. The first kappa shape index (κ1) is 17.4. The molecule has 2 amide bonds. The molecule has 0 spiro atoms. The molecule has 0 bridgehead atoms. The van der Waals surface area contributed by atoms with E-state index >= 15 is 0 Å². The van der Waals surface area contributed by atoms with E-state index in [2.05, 4.69) is 4.98 Å². The number of piperazine rings is 1. The summed E-state index contributed by atoms with van der Waals surface area (Å²) in [6.07, 6.45) is 1.74. The van der Waals surface area contributed by atoms with Crippen LogP contribution in [0.4, 0.5) is 0 Å². The lowest BCUT2D eigenvalue weighted by Crippen LogP contribution is -2.63.